The Bertz CT molecular complexity index is 487. The van der Waals surface area contributed by atoms with Crippen molar-refractivity contribution in [1.82, 2.24) is 10.4 Å². The van der Waals surface area contributed by atoms with Crippen molar-refractivity contribution in [3.8, 4) is 0 Å². The third kappa shape index (κ3) is 3.98. The van der Waals surface area contributed by atoms with E-state index in [1.807, 2.05) is 0 Å². The Kier molecular flexibility index (Phi) is 5.19. The van der Waals surface area contributed by atoms with Gasteiger partial charge >= 0.3 is 5.97 Å². The molecule has 0 amide bonds. The average molecular weight is 286 g/mol. The van der Waals surface area contributed by atoms with Crippen LogP contribution in [0.4, 0.5) is 8.78 Å². The van der Waals surface area contributed by atoms with Crippen molar-refractivity contribution in [2.75, 3.05) is 7.05 Å². The summed E-state index contributed by atoms with van der Waals surface area (Å²) in [6, 6.07) is 3.11. The van der Waals surface area contributed by atoms with E-state index in [-0.39, 0.29) is 12.1 Å². The van der Waals surface area contributed by atoms with E-state index >= 15 is 0 Å². The molecule has 2 N–H and O–H groups in total. The van der Waals surface area contributed by atoms with Crippen molar-refractivity contribution in [3.05, 3.63) is 35.4 Å². The summed E-state index contributed by atoms with van der Waals surface area (Å²) in [4.78, 5) is 11.3. The second kappa shape index (κ2) is 6.28. The van der Waals surface area contributed by atoms with Crippen LogP contribution < -0.4 is 5.43 Å². The van der Waals surface area contributed by atoms with Crippen LogP contribution in [-0.4, -0.2) is 29.2 Å². The lowest BCUT2D eigenvalue weighted by Gasteiger charge is -2.34. The molecular weight excluding hydrogens is 266 g/mol. The number of carboxylic acid groups (broad SMARTS) is 1. The number of carboxylic acids is 1. The van der Waals surface area contributed by atoms with Gasteiger partial charge in [-0.2, -0.15) is 0 Å². The quantitative estimate of drug-likeness (QED) is 0.816. The maximum atomic E-state index is 13.5. The predicted molar refractivity (Wildman–Crippen MR) is 71.8 cm³/mol. The molecule has 20 heavy (non-hydrogen) atoms. The van der Waals surface area contributed by atoms with Crippen LogP contribution in [0.1, 0.15) is 26.3 Å². The van der Waals surface area contributed by atoms with Crippen LogP contribution in [0.15, 0.2) is 18.2 Å². The van der Waals surface area contributed by atoms with E-state index in [4.69, 9.17) is 0 Å². The normalized spacial score (nSPS) is 13.6. The summed E-state index contributed by atoms with van der Waals surface area (Å²) in [6.45, 7) is 5.41. The van der Waals surface area contributed by atoms with Crippen molar-refractivity contribution >= 4 is 5.97 Å². The SMILES string of the molecule is CN(NCc1cccc(F)c1F)[C@H](C(=O)O)C(C)(C)C. The van der Waals surface area contributed by atoms with Gasteiger partial charge in [-0.3, -0.25) is 10.2 Å². The first-order valence-corrected chi connectivity index (χ1v) is 6.26. The third-order valence-corrected chi connectivity index (χ3v) is 2.99. The lowest BCUT2D eigenvalue weighted by Crippen LogP contribution is -2.53. The molecule has 0 radical (unpaired) electrons. The first kappa shape index (κ1) is 16.5. The van der Waals surface area contributed by atoms with Crippen LogP contribution in [0.25, 0.3) is 0 Å². The van der Waals surface area contributed by atoms with E-state index in [0.717, 1.165) is 6.07 Å². The summed E-state index contributed by atoms with van der Waals surface area (Å²) >= 11 is 0. The number of hydrogen-bond acceptors (Lipinski definition) is 3. The molecule has 1 aromatic carbocycles. The standard InChI is InChI=1S/C14H20F2N2O2/c1-14(2,3)12(13(19)20)18(4)17-8-9-6-5-7-10(15)11(9)16/h5-7,12,17H,8H2,1-4H3,(H,19,20)/t12-/m1/s1. The van der Waals surface area contributed by atoms with E-state index in [0.29, 0.717) is 0 Å². The molecule has 0 aromatic heterocycles. The summed E-state index contributed by atoms with van der Waals surface area (Å²) in [5, 5.41) is 10.7. The van der Waals surface area contributed by atoms with Crippen molar-refractivity contribution in [2.45, 2.75) is 33.4 Å². The van der Waals surface area contributed by atoms with E-state index in [1.165, 1.54) is 17.1 Å². The van der Waals surface area contributed by atoms with Gasteiger partial charge in [0.05, 0.1) is 0 Å². The Labute approximate surface area is 117 Å². The average Bonchev–Trinajstić information content (AvgIpc) is 2.28. The molecule has 1 atom stereocenters. The lowest BCUT2D eigenvalue weighted by molar-refractivity contribution is -0.148. The van der Waals surface area contributed by atoms with E-state index in [2.05, 4.69) is 5.43 Å². The second-order valence-electron chi connectivity index (χ2n) is 5.77. The predicted octanol–water partition coefficient (Wildman–Crippen LogP) is 2.40. The topological polar surface area (TPSA) is 52.6 Å². The fourth-order valence-electron chi connectivity index (χ4n) is 2.10. The van der Waals surface area contributed by atoms with Crippen LogP contribution in [0, 0.1) is 17.0 Å². The highest BCUT2D eigenvalue weighted by Gasteiger charge is 2.34. The molecule has 0 heterocycles. The van der Waals surface area contributed by atoms with Gasteiger partial charge in [-0.1, -0.05) is 32.9 Å². The van der Waals surface area contributed by atoms with Crippen LogP contribution in [0.2, 0.25) is 0 Å². The maximum Gasteiger partial charge on any atom is 0.322 e. The van der Waals surface area contributed by atoms with Gasteiger partial charge in [0.25, 0.3) is 0 Å². The number of rotatable bonds is 5. The zero-order valence-electron chi connectivity index (χ0n) is 12.1. The Balaban J connectivity index is 2.78. The minimum absolute atomic E-state index is 0.0138. The monoisotopic (exact) mass is 286 g/mol. The minimum Gasteiger partial charge on any atom is -0.480 e. The van der Waals surface area contributed by atoms with Crippen molar-refractivity contribution in [3.63, 3.8) is 0 Å². The molecule has 0 spiro atoms. The molecule has 0 bridgehead atoms. The molecule has 0 aliphatic carbocycles. The molecule has 1 rings (SSSR count). The van der Waals surface area contributed by atoms with Crippen LogP contribution in [0.3, 0.4) is 0 Å². The summed E-state index contributed by atoms with van der Waals surface area (Å²) in [5.41, 5.74) is 2.44. The van der Waals surface area contributed by atoms with E-state index in [1.54, 1.807) is 27.8 Å². The smallest absolute Gasteiger partial charge is 0.322 e. The summed E-state index contributed by atoms with van der Waals surface area (Å²) in [6.07, 6.45) is 0. The van der Waals surface area contributed by atoms with E-state index < -0.39 is 29.1 Å². The Hall–Kier alpha value is -1.53. The highest BCUT2D eigenvalue weighted by atomic mass is 19.2. The van der Waals surface area contributed by atoms with Crippen LogP contribution >= 0.6 is 0 Å². The molecule has 112 valence electrons. The van der Waals surface area contributed by atoms with Gasteiger partial charge in [0.2, 0.25) is 0 Å². The summed E-state index contributed by atoms with van der Waals surface area (Å²) in [7, 11) is 1.57. The molecule has 6 heteroatoms. The fourth-order valence-corrected chi connectivity index (χ4v) is 2.10. The number of hydrogen-bond donors (Lipinski definition) is 2. The zero-order valence-corrected chi connectivity index (χ0v) is 12.1. The van der Waals surface area contributed by atoms with Gasteiger partial charge in [0.1, 0.15) is 6.04 Å². The molecule has 0 aliphatic rings. The number of hydrazine groups is 1. The number of aliphatic carboxylic acids is 1. The number of benzene rings is 1. The van der Waals surface area contributed by atoms with Crippen molar-refractivity contribution in [1.29, 1.82) is 0 Å². The van der Waals surface area contributed by atoms with Gasteiger partial charge in [-0.05, 0) is 11.5 Å². The van der Waals surface area contributed by atoms with Gasteiger partial charge in [-0.25, -0.2) is 13.8 Å². The van der Waals surface area contributed by atoms with Crippen molar-refractivity contribution < 1.29 is 18.7 Å². The first-order valence-electron chi connectivity index (χ1n) is 6.26. The molecule has 0 saturated heterocycles. The molecule has 0 saturated carbocycles. The van der Waals surface area contributed by atoms with Gasteiger partial charge in [0, 0.05) is 19.2 Å². The molecular formula is C14H20F2N2O2. The molecule has 0 unspecified atom stereocenters. The van der Waals surface area contributed by atoms with Crippen molar-refractivity contribution in [2.24, 2.45) is 5.41 Å². The molecule has 0 aliphatic heterocycles. The minimum atomic E-state index is -0.979. The van der Waals surface area contributed by atoms with Gasteiger partial charge in [0.15, 0.2) is 11.6 Å². The lowest BCUT2D eigenvalue weighted by atomic mass is 9.86. The molecule has 1 aromatic rings. The van der Waals surface area contributed by atoms with Crippen LogP contribution in [0.5, 0.6) is 0 Å². The summed E-state index contributed by atoms with van der Waals surface area (Å²) in [5.74, 6) is -2.82. The molecule has 4 nitrogen and oxygen atoms in total. The highest BCUT2D eigenvalue weighted by molar-refractivity contribution is 5.74. The molecule has 0 fully saturated rings. The Morgan fingerprint density at radius 2 is 2.00 bits per heavy atom. The Morgan fingerprint density at radius 3 is 2.50 bits per heavy atom. The maximum absolute atomic E-state index is 13.5. The number of nitrogens with one attached hydrogen (secondary N) is 1. The number of halogens is 2. The highest BCUT2D eigenvalue weighted by Crippen LogP contribution is 2.23. The van der Waals surface area contributed by atoms with E-state index in [9.17, 15) is 18.7 Å². The summed E-state index contributed by atoms with van der Waals surface area (Å²) < 4.78 is 26.6. The second-order valence-corrected chi connectivity index (χ2v) is 5.77. The number of likely N-dealkylation sites (N-methyl/N-ethyl adjacent to an activating group) is 1. The largest absolute Gasteiger partial charge is 0.480 e. The van der Waals surface area contributed by atoms with Gasteiger partial charge in [-0.15, -0.1) is 0 Å². The Morgan fingerprint density at radius 1 is 1.40 bits per heavy atom. The number of nitrogens with zero attached hydrogens (tertiary/aromatic N) is 1. The number of carbonyl (C=O) groups is 1. The first-order chi connectivity index (χ1) is 9.14. The van der Waals surface area contributed by atoms with Crippen LogP contribution in [-0.2, 0) is 11.3 Å². The zero-order chi connectivity index (χ0) is 15.5. The fraction of sp³-hybridized carbons (Fsp3) is 0.500. The van der Waals surface area contributed by atoms with Gasteiger partial charge < -0.3 is 5.11 Å². The third-order valence-electron chi connectivity index (χ3n) is 2.99.